The Hall–Kier alpha value is -2.95. The number of amides is 1. The van der Waals surface area contributed by atoms with E-state index in [2.05, 4.69) is 10.3 Å². The zero-order valence-corrected chi connectivity index (χ0v) is 11.4. The lowest BCUT2D eigenvalue weighted by molar-refractivity contribution is -0.111. The lowest BCUT2D eigenvalue weighted by atomic mass is 10.1. The highest BCUT2D eigenvalue weighted by atomic mass is 16.4. The van der Waals surface area contributed by atoms with Gasteiger partial charge in [0.05, 0.1) is 11.9 Å². The molecule has 1 aromatic heterocycles. The average molecular weight is 282 g/mol. The maximum atomic E-state index is 11.7. The molecule has 0 saturated carbocycles. The summed E-state index contributed by atoms with van der Waals surface area (Å²) in [7, 11) is 0. The molecule has 0 bridgehead atoms. The van der Waals surface area contributed by atoms with Gasteiger partial charge in [-0.3, -0.25) is 4.79 Å². The minimum absolute atomic E-state index is 0.0665. The predicted molar refractivity (Wildman–Crippen MR) is 80.0 cm³/mol. The molecule has 1 heterocycles. The van der Waals surface area contributed by atoms with Crippen LogP contribution in [0.1, 0.15) is 21.6 Å². The number of carbonyl (C=O) groups excluding carboxylic acids is 1. The third kappa shape index (κ3) is 4.28. The van der Waals surface area contributed by atoms with Gasteiger partial charge in [0.15, 0.2) is 0 Å². The summed E-state index contributed by atoms with van der Waals surface area (Å²) in [6, 6.07) is 10.6. The highest BCUT2D eigenvalue weighted by molar-refractivity contribution is 6.02. The second-order valence-corrected chi connectivity index (χ2v) is 4.47. The lowest BCUT2D eigenvalue weighted by Crippen LogP contribution is -2.09. The van der Waals surface area contributed by atoms with Crippen LogP contribution in [0.2, 0.25) is 0 Å². The third-order valence-corrected chi connectivity index (χ3v) is 2.75. The van der Waals surface area contributed by atoms with Crippen LogP contribution >= 0.6 is 0 Å². The van der Waals surface area contributed by atoms with Crippen LogP contribution in [-0.2, 0) is 4.79 Å². The highest BCUT2D eigenvalue weighted by Crippen LogP contribution is 2.08. The summed E-state index contributed by atoms with van der Waals surface area (Å²) in [5, 5.41) is 11.3. The molecule has 2 N–H and O–H groups in total. The number of aryl methyl sites for hydroxylation is 1. The van der Waals surface area contributed by atoms with Gasteiger partial charge in [-0.05, 0) is 30.7 Å². The number of carboxylic acids is 1. The lowest BCUT2D eigenvalue weighted by Gasteiger charge is -2.01. The third-order valence-electron chi connectivity index (χ3n) is 2.75. The summed E-state index contributed by atoms with van der Waals surface area (Å²) in [6.07, 6.45) is 4.42. The molecule has 1 amide bonds. The quantitative estimate of drug-likeness (QED) is 0.845. The van der Waals surface area contributed by atoms with Crippen LogP contribution in [0, 0.1) is 6.92 Å². The van der Waals surface area contributed by atoms with Crippen molar-refractivity contribution in [3.8, 4) is 0 Å². The zero-order valence-electron chi connectivity index (χ0n) is 11.4. The van der Waals surface area contributed by atoms with Gasteiger partial charge in [-0.25, -0.2) is 9.78 Å². The first-order valence-corrected chi connectivity index (χ1v) is 6.30. The number of rotatable bonds is 4. The predicted octanol–water partition coefficient (Wildman–Crippen LogP) is 2.74. The Bertz CT molecular complexity index is 674. The zero-order chi connectivity index (χ0) is 15.2. The Labute approximate surface area is 122 Å². The van der Waals surface area contributed by atoms with Crippen molar-refractivity contribution in [2.75, 3.05) is 5.32 Å². The van der Waals surface area contributed by atoms with Crippen LogP contribution in [-0.4, -0.2) is 22.0 Å². The molecule has 0 fully saturated rings. The van der Waals surface area contributed by atoms with E-state index in [9.17, 15) is 9.59 Å². The van der Waals surface area contributed by atoms with E-state index in [4.69, 9.17) is 5.11 Å². The number of benzene rings is 1. The molecule has 0 unspecified atom stereocenters. The van der Waals surface area contributed by atoms with Gasteiger partial charge in [-0.2, -0.15) is 0 Å². The summed E-state index contributed by atoms with van der Waals surface area (Å²) >= 11 is 0. The normalized spacial score (nSPS) is 10.5. The number of hydrogen-bond donors (Lipinski definition) is 2. The minimum Gasteiger partial charge on any atom is -0.477 e. The van der Waals surface area contributed by atoms with Crippen molar-refractivity contribution >= 4 is 23.6 Å². The topological polar surface area (TPSA) is 79.3 Å². The first kappa shape index (κ1) is 14.5. The fraction of sp³-hybridized carbons (Fsp3) is 0.0625. The van der Waals surface area contributed by atoms with E-state index in [-0.39, 0.29) is 11.6 Å². The number of anilines is 1. The summed E-state index contributed by atoms with van der Waals surface area (Å²) in [4.78, 5) is 26.1. The molecule has 1 aromatic carbocycles. The van der Waals surface area contributed by atoms with Gasteiger partial charge in [0.25, 0.3) is 0 Å². The van der Waals surface area contributed by atoms with E-state index >= 15 is 0 Å². The first-order chi connectivity index (χ1) is 10.0. The molecule has 0 radical (unpaired) electrons. The first-order valence-electron chi connectivity index (χ1n) is 6.30. The Balaban J connectivity index is 1.98. The monoisotopic (exact) mass is 282 g/mol. The molecule has 0 atom stereocenters. The van der Waals surface area contributed by atoms with Crippen LogP contribution in [0.3, 0.4) is 0 Å². The number of hydrogen-bond acceptors (Lipinski definition) is 3. The van der Waals surface area contributed by atoms with E-state index in [0.717, 1.165) is 11.1 Å². The molecule has 106 valence electrons. The van der Waals surface area contributed by atoms with Gasteiger partial charge < -0.3 is 10.4 Å². The largest absolute Gasteiger partial charge is 0.477 e. The van der Waals surface area contributed by atoms with Gasteiger partial charge in [-0.1, -0.05) is 29.8 Å². The molecule has 5 heteroatoms. The van der Waals surface area contributed by atoms with Gasteiger partial charge in [0.1, 0.15) is 5.69 Å². The molecule has 2 rings (SSSR count). The van der Waals surface area contributed by atoms with Crippen molar-refractivity contribution in [1.29, 1.82) is 0 Å². The number of aromatic carboxylic acids is 1. The number of nitrogens with zero attached hydrogens (tertiary/aromatic N) is 1. The maximum Gasteiger partial charge on any atom is 0.354 e. The Morgan fingerprint density at radius 2 is 1.86 bits per heavy atom. The number of carbonyl (C=O) groups is 2. The molecule has 2 aromatic rings. The maximum absolute atomic E-state index is 11.7. The van der Waals surface area contributed by atoms with E-state index in [0.29, 0.717) is 5.69 Å². The Morgan fingerprint density at radius 3 is 2.43 bits per heavy atom. The van der Waals surface area contributed by atoms with Crippen molar-refractivity contribution < 1.29 is 14.7 Å². The van der Waals surface area contributed by atoms with Crippen LogP contribution in [0.4, 0.5) is 5.69 Å². The fourth-order valence-electron chi connectivity index (χ4n) is 1.63. The second kappa shape index (κ2) is 6.47. The van der Waals surface area contributed by atoms with Gasteiger partial charge in [0, 0.05) is 6.08 Å². The number of nitrogens with one attached hydrogen (secondary N) is 1. The number of pyridine rings is 1. The molecule has 5 nitrogen and oxygen atoms in total. The summed E-state index contributed by atoms with van der Waals surface area (Å²) < 4.78 is 0. The Morgan fingerprint density at radius 1 is 1.14 bits per heavy atom. The van der Waals surface area contributed by atoms with E-state index in [1.807, 2.05) is 31.2 Å². The molecular formula is C16H14N2O3. The van der Waals surface area contributed by atoms with Crippen molar-refractivity contribution in [3.05, 3.63) is 65.5 Å². The molecule has 0 aliphatic carbocycles. The van der Waals surface area contributed by atoms with Crippen molar-refractivity contribution in [3.63, 3.8) is 0 Å². The summed E-state index contributed by atoms with van der Waals surface area (Å²) in [6.45, 7) is 1.99. The van der Waals surface area contributed by atoms with Gasteiger partial charge >= 0.3 is 5.97 Å². The molecule has 0 aliphatic heterocycles. The fourth-order valence-corrected chi connectivity index (χ4v) is 1.63. The van der Waals surface area contributed by atoms with Gasteiger partial charge in [0.2, 0.25) is 5.91 Å². The SMILES string of the molecule is Cc1ccc(/C=C/C(=O)Nc2ccc(C(=O)O)nc2)cc1. The number of aromatic nitrogens is 1. The summed E-state index contributed by atoms with van der Waals surface area (Å²) in [5.41, 5.74) is 2.46. The van der Waals surface area contributed by atoms with Crippen molar-refractivity contribution in [1.82, 2.24) is 4.98 Å². The van der Waals surface area contributed by atoms with Crippen LogP contribution in [0.25, 0.3) is 6.08 Å². The Kier molecular flexibility index (Phi) is 4.46. The number of carboxylic acid groups (broad SMARTS) is 1. The molecular weight excluding hydrogens is 268 g/mol. The highest BCUT2D eigenvalue weighted by Gasteiger charge is 2.04. The van der Waals surface area contributed by atoms with Crippen LogP contribution in [0.15, 0.2) is 48.7 Å². The smallest absolute Gasteiger partial charge is 0.354 e. The van der Waals surface area contributed by atoms with Crippen molar-refractivity contribution in [2.24, 2.45) is 0 Å². The standard InChI is InChI=1S/C16H14N2O3/c1-11-2-4-12(5-3-11)6-9-15(19)18-13-7-8-14(16(20)21)17-10-13/h2-10H,1H3,(H,18,19)(H,20,21)/b9-6+. The van der Waals surface area contributed by atoms with Gasteiger partial charge in [-0.15, -0.1) is 0 Å². The minimum atomic E-state index is -1.10. The van der Waals surface area contributed by atoms with E-state index in [1.165, 1.54) is 24.4 Å². The molecule has 0 aliphatic rings. The van der Waals surface area contributed by atoms with Crippen LogP contribution < -0.4 is 5.32 Å². The molecule has 0 spiro atoms. The average Bonchev–Trinajstić information content (AvgIpc) is 2.47. The summed E-state index contributed by atoms with van der Waals surface area (Å²) in [5.74, 6) is -1.41. The van der Waals surface area contributed by atoms with Crippen LogP contribution in [0.5, 0.6) is 0 Å². The van der Waals surface area contributed by atoms with E-state index < -0.39 is 5.97 Å². The molecule has 21 heavy (non-hydrogen) atoms. The van der Waals surface area contributed by atoms with E-state index in [1.54, 1.807) is 6.08 Å². The van der Waals surface area contributed by atoms with Crippen molar-refractivity contribution in [2.45, 2.75) is 6.92 Å². The second-order valence-electron chi connectivity index (χ2n) is 4.47. The molecule has 0 saturated heterocycles.